The maximum Gasteiger partial charge on any atom is 0.270 e. The van der Waals surface area contributed by atoms with Gasteiger partial charge in [-0.25, -0.2) is 4.98 Å². The Hall–Kier alpha value is -4.71. The number of carbonyl (C=O) groups is 3. The molecule has 2 aromatic heterocycles. The van der Waals surface area contributed by atoms with E-state index in [1.807, 2.05) is 105 Å². The second-order valence-corrected chi connectivity index (χ2v) is 13.9. The number of ether oxygens (including phenoxy) is 1. The number of piperidine rings is 1. The lowest BCUT2D eigenvalue weighted by molar-refractivity contribution is -0.133. The van der Waals surface area contributed by atoms with Crippen LogP contribution in [0.2, 0.25) is 0 Å². The van der Waals surface area contributed by atoms with E-state index in [-0.39, 0.29) is 36.2 Å². The maximum atomic E-state index is 13.9. The van der Waals surface area contributed by atoms with Gasteiger partial charge in [0.05, 0.1) is 36.4 Å². The van der Waals surface area contributed by atoms with Crippen molar-refractivity contribution < 1.29 is 24.2 Å². The molecule has 0 spiro atoms. The van der Waals surface area contributed by atoms with Gasteiger partial charge in [0.15, 0.2) is 0 Å². The minimum atomic E-state index is -1.02. The molecule has 0 unspecified atom stereocenters. The number of hydrogen-bond acceptors (Lipinski definition) is 8. The molecule has 11 nitrogen and oxygen atoms in total. The highest BCUT2D eigenvalue weighted by Gasteiger charge is 2.37. The van der Waals surface area contributed by atoms with Gasteiger partial charge in [0.25, 0.3) is 5.91 Å². The zero-order valence-corrected chi connectivity index (χ0v) is 29.9. The van der Waals surface area contributed by atoms with Crippen LogP contribution in [0.1, 0.15) is 62.2 Å². The number of nitrogens with one attached hydrogen (secondary N) is 3. The monoisotopic (exact) mass is 694 g/mol. The molecular formula is C40H50N6O5. The van der Waals surface area contributed by atoms with Gasteiger partial charge in [-0.15, -0.1) is 0 Å². The molecule has 5 rings (SSSR count). The minimum absolute atomic E-state index is 0.0551. The average Bonchev–Trinajstić information content (AvgIpc) is 3.13. The summed E-state index contributed by atoms with van der Waals surface area (Å²) < 4.78 is 6.23. The molecule has 0 aliphatic carbocycles. The van der Waals surface area contributed by atoms with E-state index in [4.69, 9.17) is 4.74 Å². The van der Waals surface area contributed by atoms with Gasteiger partial charge < -0.3 is 25.8 Å². The smallest absolute Gasteiger partial charge is 0.270 e. The number of nitrogens with zero attached hydrogens (tertiary/aromatic N) is 3. The quantitative estimate of drug-likeness (QED) is 0.146. The van der Waals surface area contributed by atoms with Gasteiger partial charge in [-0.2, -0.15) is 0 Å². The van der Waals surface area contributed by atoms with Crippen LogP contribution >= 0.6 is 0 Å². The van der Waals surface area contributed by atoms with Gasteiger partial charge in [0.1, 0.15) is 11.7 Å². The highest BCUT2D eigenvalue weighted by atomic mass is 16.5. The Bertz CT molecular complexity index is 1740. The van der Waals surface area contributed by atoms with Crippen LogP contribution < -0.4 is 16.0 Å². The molecule has 2 aromatic carbocycles. The van der Waals surface area contributed by atoms with Crippen molar-refractivity contribution in [2.75, 3.05) is 13.1 Å². The highest BCUT2D eigenvalue weighted by Crippen LogP contribution is 2.23. The molecule has 0 saturated carbocycles. The fourth-order valence-electron chi connectivity index (χ4n) is 6.43. The number of aliphatic hydroxyl groups excluding tert-OH is 1. The lowest BCUT2D eigenvalue weighted by Crippen LogP contribution is -2.59. The lowest BCUT2D eigenvalue weighted by atomic mass is 9.95. The van der Waals surface area contributed by atoms with Crippen LogP contribution in [0.3, 0.4) is 0 Å². The summed E-state index contributed by atoms with van der Waals surface area (Å²) in [5.74, 6) is -1.23. The molecule has 4 aromatic rings. The summed E-state index contributed by atoms with van der Waals surface area (Å²) in [6.07, 6.45) is 3.80. The molecule has 1 aliphatic rings. The molecule has 1 saturated heterocycles. The number of pyridine rings is 2. The fraction of sp³-hybridized carbons (Fsp3) is 0.425. The number of benzene rings is 2. The van der Waals surface area contributed by atoms with Gasteiger partial charge in [0, 0.05) is 36.9 Å². The van der Waals surface area contributed by atoms with E-state index < -0.39 is 36.0 Å². The summed E-state index contributed by atoms with van der Waals surface area (Å²) in [4.78, 5) is 51.3. The second-order valence-electron chi connectivity index (χ2n) is 13.9. The molecule has 1 fully saturated rings. The molecule has 4 N–H and O–H groups in total. The topological polar surface area (TPSA) is 146 Å². The number of carbonyl (C=O) groups excluding carboxylic acids is 3. The molecular weight excluding hydrogens is 644 g/mol. The SMILES string of the molecule is CC(C)NC(=O)[C@@H]1C[C@H](OCc2ccncc2)CCN1C[C@@H](O)[C@H](Cc1ccccc1)NC(=O)[C@@H](NC(=O)c1ccc2ccccc2n1)C(C)C. The summed E-state index contributed by atoms with van der Waals surface area (Å²) in [5, 5.41) is 21.7. The molecule has 5 atom stereocenters. The van der Waals surface area contributed by atoms with Crippen molar-refractivity contribution in [3.05, 3.63) is 108 Å². The zero-order valence-electron chi connectivity index (χ0n) is 29.9. The summed E-state index contributed by atoms with van der Waals surface area (Å²) >= 11 is 0. The third-order valence-corrected chi connectivity index (χ3v) is 9.21. The summed E-state index contributed by atoms with van der Waals surface area (Å²) in [6.45, 7) is 8.67. The Labute approximate surface area is 300 Å². The van der Waals surface area contributed by atoms with Crippen LogP contribution in [0.4, 0.5) is 0 Å². The summed E-state index contributed by atoms with van der Waals surface area (Å²) in [6, 6.07) is 22.3. The van der Waals surface area contributed by atoms with Gasteiger partial charge in [0.2, 0.25) is 11.8 Å². The van der Waals surface area contributed by atoms with Crippen molar-refractivity contribution in [2.45, 2.75) is 89.9 Å². The van der Waals surface area contributed by atoms with E-state index in [0.717, 1.165) is 16.5 Å². The Morgan fingerprint density at radius 3 is 2.33 bits per heavy atom. The summed E-state index contributed by atoms with van der Waals surface area (Å²) in [5.41, 5.74) is 2.85. The number of fused-ring (bicyclic) bond motifs is 1. The number of para-hydroxylation sites is 1. The predicted octanol–water partition coefficient (Wildman–Crippen LogP) is 4.05. The zero-order chi connectivity index (χ0) is 36.3. The van der Waals surface area contributed by atoms with Crippen LogP contribution in [0.25, 0.3) is 10.9 Å². The predicted molar refractivity (Wildman–Crippen MR) is 197 cm³/mol. The van der Waals surface area contributed by atoms with Crippen molar-refractivity contribution in [1.29, 1.82) is 0 Å². The maximum absolute atomic E-state index is 13.9. The van der Waals surface area contributed by atoms with Crippen molar-refractivity contribution in [1.82, 2.24) is 30.8 Å². The van der Waals surface area contributed by atoms with Crippen molar-refractivity contribution in [2.24, 2.45) is 5.92 Å². The minimum Gasteiger partial charge on any atom is -0.390 e. The average molecular weight is 695 g/mol. The van der Waals surface area contributed by atoms with E-state index in [1.54, 1.807) is 18.5 Å². The van der Waals surface area contributed by atoms with Crippen LogP contribution in [0.5, 0.6) is 0 Å². The molecule has 3 amide bonds. The number of aromatic nitrogens is 2. The van der Waals surface area contributed by atoms with Gasteiger partial charge in [-0.1, -0.05) is 68.4 Å². The third kappa shape index (κ3) is 10.6. The summed E-state index contributed by atoms with van der Waals surface area (Å²) in [7, 11) is 0. The van der Waals surface area contributed by atoms with Crippen molar-refractivity contribution >= 4 is 28.6 Å². The Balaban J connectivity index is 1.30. The van der Waals surface area contributed by atoms with E-state index in [2.05, 4.69) is 25.9 Å². The van der Waals surface area contributed by atoms with E-state index in [1.165, 1.54) is 0 Å². The van der Waals surface area contributed by atoms with Crippen molar-refractivity contribution in [3.8, 4) is 0 Å². The first-order valence-electron chi connectivity index (χ1n) is 17.8. The fourth-order valence-corrected chi connectivity index (χ4v) is 6.43. The Morgan fingerprint density at radius 2 is 1.61 bits per heavy atom. The molecule has 270 valence electrons. The van der Waals surface area contributed by atoms with E-state index >= 15 is 0 Å². The Kier molecular flexibility index (Phi) is 13.2. The first-order chi connectivity index (χ1) is 24.6. The highest BCUT2D eigenvalue weighted by molar-refractivity contribution is 5.98. The first kappa shape index (κ1) is 37.5. The largest absolute Gasteiger partial charge is 0.390 e. The first-order valence-corrected chi connectivity index (χ1v) is 17.8. The van der Waals surface area contributed by atoms with Gasteiger partial charge in [-0.3, -0.25) is 24.3 Å². The number of rotatable bonds is 15. The molecule has 0 bridgehead atoms. The Morgan fingerprint density at radius 1 is 0.882 bits per heavy atom. The van der Waals surface area contributed by atoms with Crippen LogP contribution in [-0.4, -0.2) is 87.2 Å². The van der Waals surface area contributed by atoms with Gasteiger partial charge >= 0.3 is 0 Å². The normalized spacial score (nSPS) is 18.3. The number of hydrogen-bond donors (Lipinski definition) is 4. The molecule has 3 heterocycles. The van der Waals surface area contributed by atoms with E-state index in [0.29, 0.717) is 37.9 Å². The number of amides is 3. The standard InChI is InChI=1S/C40H50N6O5/c1-26(2)37(45-38(48)33-15-14-30-12-8-9-13-32(30)43-33)40(50)44-34(22-28-10-6-5-7-11-28)36(47)24-46-21-18-31(23-35(46)39(49)42-27(3)4)51-25-29-16-19-41-20-17-29/h5-17,19-20,26-27,31,34-37,47H,18,21-25H2,1-4H3,(H,42,49)(H,44,50)(H,45,48)/t31-,34+,35+,36-,37+/m1/s1. The molecule has 11 heteroatoms. The van der Waals surface area contributed by atoms with Crippen LogP contribution in [-0.2, 0) is 27.4 Å². The van der Waals surface area contributed by atoms with Gasteiger partial charge in [-0.05, 0) is 74.4 Å². The number of likely N-dealkylation sites (tertiary alicyclic amines) is 1. The lowest BCUT2D eigenvalue weighted by Gasteiger charge is -2.40. The van der Waals surface area contributed by atoms with Crippen LogP contribution in [0, 0.1) is 5.92 Å². The van der Waals surface area contributed by atoms with Crippen molar-refractivity contribution in [3.63, 3.8) is 0 Å². The molecule has 51 heavy (non-hydrogen) atoms. The number of β-amino-alcohol motifs (C(OH)–C–C–N with tert-alkyl or cyclic N) is 1. The second kappa shape index (κ2) is 18.0. The third-order valence-electron chi connectivity index (χ3n) is 9.21. The molecule has 0 radical (unpaired) electrons. The van der Waals surface area contributed by atoms with Crippen LogP contribution in [0.15, 0.2) is 91.3 Å². The van der Waals surface area contributed by atoms with E-state index in [9.17, 15) is 19.5 Å². The number of aliphatic hydroxyl groups is 1. The molecule has 1 aliphatic heterocycles.